The number of hydrogen-bond donors (Lipinski definition) is 1. The molecule has 0 heterocycles. The molecule has 1 rings (SSSR count). The molecule has 1 aromatic carbocycles. The molecule has 5 nitrogen and oxygen atoms in total. The Hall–Kier alpha value is -1.91. The van der Waals surface area contributed by atoms with Gasteiger partial charge in [0.2, 0.25) is 0 Å². The first-order valence-electron chi connectivity index (χ1n) is 15.5. The van der Waals surface area contributed by atoms with Gasteiger partial charge in [-0.25, -0.2) is 0 Å². The zero-order chi connectivity index (χ0) is 27.0. The summed E-state index contributed by atoms with van der Waals surface area (Å²) in [4.78, 5) is 22.0. The maximum Gasteiger partial charge on any atom is 0.310 e. The SMILES string of the molecule is CCCCCCCCCCCCCCCCCCCCCCCCC(C(=O)O)c1ccc([N+](=O)[O-])cc1. The van der Waals surface area contributed by atoms with Crippen molar-refractivity contribution in [2.75, 3.05) is 0 Å². The number of nitro benzene ring substituents is 1. The second-order valence-electron chi connectivity index (χ2n) is 11.0. The van der Waals surface area contributed by atoms with E-state index in [2.05, 4.69) is 6.92 Å². The van der Waals surface area contributed by atoms with Crippen LogP contribution in [0.3, 0.4) is 0 Å². The lowest BCUT2D eigenvalue weighted by Gasteiger charge is -2.12. The summed E-state index contributed by atoms with van der Waals surface area (Å²) in [7, 11) is 0. The van der Waals surface area contributed by atoms with Gasteiger partial charge in [0.25, 0.3) is 5.69 Å². The molecule has 0 amide bonds. The molecule has 1 atom stereocenters. The van der Waals surface area contributed by atoms with Gasteiger partial charge in [-0.1, -0.05) is 160 Å². The van der Waals surface area contributed by atoms with E-state index in [1.807, 2.05) is 0 Å². The second kappa shape index (κ2) is 23.2. The molecule has 1 N–H and O–H groups in total. The first-order valence-corrected chi connectivity index (χ1v) is 15.5. The predicted octanol–water partition coefficient (Wildman–Crippen LogP) is 10.8. The van der Waals surface area contributed by atoms with Crippen molar-refractivity contribution in [1.29, 1.82) is 0 Å². The fourth-order valence-electron chi connectivity index (χ4n) is 5.22. The maximum absolute atomic E-state index is 11.6. The molecule has 0 saturated carbocycles. The van der Waals surface area contributed by atoms with Crippen molar-refractivity contribution in [1.82, 2.24) is 0 Å². The minimum Gasteiger partial charge on any atom is -0.481 e. The lowest BCUT2D eigenvalue weighted by Crippen LogP contribution is -2.11. The standard InChI is InChI=1S/C32H55NO4/c1-2-3-4-5-6-7-8-9-10-11-12-13-14-15-16-17-18-19-20-21-22-23-24-31(32(34)35)29-25-27-30(28-26-29)33(36)37/h25-28,31H,2-24H2,1H3,(H,34,35). The molecule has 0 saturated heterocycles. The predicted molar refractivity (Wildman–Crippen MR) is 155 cm³/mol. The van der Waals surface area contributed by atoms with E-state index in [-0.39, 0.29) is 5.69 Å². The fraction of sp³-hybridized carbons (Fsp3) is 0.781. The van der Waals surface area contributed by atoms with Gasteiger partial charge in [0.05, 0.1) is 10.8 Å². The summed E-state index contributed by atoms with van der Waals surface area (Å²) in [6.45, 7) is 2.28. The van der Waals surface area contributed by atoms with Gasteiger partial charge >= 0.3 is 5.97 Å². The molecule has 37 heavy (non-hydrogen) atoms. The van der Waals surface area contributed by atoms with Crippen LogP contribution < -0.4 is 0 Å². The number of nitrogens with zero attached hydrogens (tertiary/aromatic N) is 1. The van der Waals surface area contributed by atoms with Gasteiger partial charge in [0.1, 0.15) is 0 Å². The third-order valence-corrected chi connectivity index (χ3v) is 7.65. The van der Waals surface area contributed by atoms with Crippen LogP contribution in [0.5, 0.6) is 0 Å². The van der Waals surface area contributed by atoms with Crippen molar-refractivity contribution in [3.63, 3.8) is 0 Å². The molecule has 1 unspecified atom stereocenters. The topological polar surface area (TPSA) is 80.4 Å². The van der Waals surface area contributed by atoms with Crippen molar-refractivity contribution >= 4 is 11.7 Å². The summed E-state index contributed by atoms with van der Waals surface area (Å²) in [5.74, 6) is -1.43. The first kappa shape index (κ1) is 33.1. The monoisotopic (exact) mass is 517 g/mol. The molecular formula is C32H55NO4. The molecule has 0 aliphatic heterocycles. The Morgan fingerprint density at radius 3 is 1.27 bits per heavy atom. The highest BCUT2D eigenvalue weighted by molar-refractivity contribution is 5.76. The largest absolute Gasteiger partial charge is 0.481 e. The molecule has 0 fully saturated rings. The van der Waals surface area contributed by atoms with Gasteiger partial charge in [-0.15, -0.1) is 0 Å². The van der Waals surface area contributed by atoms with Crippen LogP contribution in [0, 0.1) is 10.1 Å². The molecule has 5 heteroatoms. The summed E-state index contributed by atoms with van der Waals surface area (Å²) in [6, 6.07) is 5.94. The van der Waals surface area contributed by atoms with Crippen LogP contribution in [-0.4, -0.2) is 16.0 Å². The first-order chi connectivity index (χ1) is 18.1. The van der Waals surface area contributed by atoms with Gasteiger partial charge < -0.3 is 5.11 Å². The van der Waals surface area contributed by atoms with E-state index in [4.69, 9.17) is 0 Å². The van der Waals surface area contributed by atoms with Crippen LogP contribution in [0.2, 0.25) is 0 Å². The normalized spacial score (nSPS) is 12.0. The van der Waals surface area contributed by atoms with Crippen molar-refractivity contribution in [2.45, 2.75) is 161 Å². The highest BCUT2D eigenvalue weighted by atomic mass is 16.6. The van der Waals surface area contributed by atoms with Crippen molar-refractivity contribution in [2.24, 2.45) is 0 Å². The molecular weight excluding hydrogens is 462 g/mol. The molecule has 0 spiro atoms. The van der Waals surface area contributed by atoms with E-state index in [0.717, 1.165) is 19.3 Å². The number of aliphatic carboxylic acids is 1. The van der Waals surface area contributed by atoms with E-state index < -0.39 is 16.8 Å². The zero-order valence-corrected chi connectivity index (χ0v) is 23.8. The van der Waals surface area contributed by atoms with Gasteiger partial charge in [-0.05, 0) is 12.0 Å². The van der Waals surface area contributed by atoms with Gasteiger partial charge in [-0.2, -0.15) is 0 Å². The minimum absolute atomic E-state index is 0.00256. The molecule has 0 aromatic heterocycles. The number of benzene rings is 1. The lowest BCUT2D eigenvalue weighted by molar-refractivity contribution is -0.384. The van der Waals surface area contributed by atoms with Crippen molar-refractivity contribution in [3.8, 4) is 0 Å². The Bertz CT molecular complexity index is 689. The molecule has 1 aromatic rings. The van der Waals surface area contributed by atoms with Crippen LogP contribution in [0.15, 0.2) is 24.3 Å². The summed E-state index contributed by atoms with van der Waals surface area (Å²) in [6.07, 6.45) is 30.1. The minimum atomic E-state index is -0.850. The molecule has 0 aliphatic rings. The number of carboxylic acids is 1. The number of carboxylic acid groups (broad SMARTS) is 1. The Morgan fingerprint density at radius 1 is 0.649 bits per heavy atom. The fourth-order valence-corrected chi connectivity index (χ4v) is 5.22. The summed E-state index contributed by atoms with van der Waals surface area (Å²) in [5, 5.41) is 20.3. The third-order valence-electron chi connectivity index (χ3n) is 7.65. The Morgan fingerprint density at radius 2 is 0.973 bits per heavy atom. The zero-order valence-electron chi connectivity index (χ0n) is 23.8. The Kier molecular flexibility index (Phi) is 20.8. The molecule has 0 bridgehead atoms. The van der Waals surface area contributed by atoms with E-state index in [9.17, 15) is 20.0 Å². The van der Waals surface area contributed by atoms with Crippen LogP contribution >= 0.6 is 0 Å². The number of unbranched alkanes of at least 4 members (excludes halogenated alkanes) is 21. The molecule has 212 valence electrons. The van der Waals surface area contributed by atoms with Gasteiger partial charge in [0.15, 0.2) is 0 Å². The molecule has 0 aliphatic carbocycles. The maximum atomic E-state index is 11.6. The van der Waals surface area contributed by atoms with Gasteiger partial charge in [0, 0.05) is 12.1 Å². The quantitative estimate of drug-likeness (QED) is 0.0752. The van der Waals surface area contributed by atoms with Crippen molar-refractivity contribution in [3.05, 3.63) is 39.9 Å². The van der Waals surface area contributed by atoms with Gasteiger partial charge in [-0.3, -0.25) is 14.9 Å². The Balaban J connectivity index is 1.87. The van der Waals surface area contributed by atoms with E-state index in [0.29, 0.717) is 12.0 Å². The number of nitro groups is 1. The average molecular weight is 518 g/mol. The average Bonchev–Trinajstić information content (AvgIpc) is 2.89. The third kappa shape index (κ3) is 18.1. The van der Waals surface area contributed by atoms with E-state index in [1.165, 1.54) is 134 Å². The number of carbonyl (C=O) groups is 1. The lowest BCUT2D eigenvalue weighted by atomic mass is 9.92. The van der Waals surface area contributed by atoms with Crippen LogP contribution in [0.4, 0.5) is 5.69 Å². The van der Waals surface area contributed by atoms with Crippen LogP contribution in [0.25, 0.3) is 0 Å². The summed E-state index contributed by atoms with van der Waals surface area (Å²) >= 11 is 0. The summed E-state index contributed by atoms with van der Waals surface area (Å²) < 4.78 is 0. The van der Waals surface area contributed by atoms with Crippen molar-refractivity contribution < 1.29 is 14.8 Å². The molecule has 0 radical (unpaired) electrons. The number of hydrogen-bond acceptors (Lipinski definition) is 3. The van der Waals surface area contributed by atoms with Crippen LogP contribution in [-0.2, 0) is 4.79 Å². The highest BCUT2D eigenvalue weighted by Gasteiger charge is 2.20. The number of rotatable bonds is 26. The number of non-ortho nitro benzene ring substituents is 1. The second-order valence-corrected chi connectivity index (χ2v) is 11.0. The Labute approximate surface area is 227 Å². The smallest absolute Gasteiger partial charge is 0.310 e. The van der Waals surface area contributed by atoms with E-state index in [1.54, 1.807) is 12.1 Å². The highest BCUT2D eigenvalue weighted by Crippen LogP contribution is 2.25. The van der Waals surface area contributed by atoms with Crippen LogP contribution in [0.1, 0.15) is 166 Å². The van der Waals surface area contributed by atoms with E-state index >= 15 is 0 Å². The summed E-state index contributed by atoms with van der Waals surface area (Å²) in [5.41, 5.74) is 0.652.